The third-order valence-electron chi connectivity index (χ3n) is 7.26. The van der Waals surface area contributed by atoms with Crippen molar-refractivity contribution in [3.8, 4) is 0 Å². The minimum absolute atomic E-state index is 0.808. The van der Waals surface area contributed by atoms with Crippen LogP contribution in [0.4, 0.5) is 0 Å². The monoisotopic (exact) mass is 247 g/mol. The normalized spacial score (nSPS) is 57.7. The van der Waals surface area contributed by atoms with Gasteiger partial charge in [-0.1, -0.05) is 13.3 Å². The van der Waals surface area contributed by atoms with E-state index in [2.05, 4.69) is 19.3 Å². The smallest absolute Gasteiger partial charge is 0.00980 e. The van der Waals surface area contributed by atoms with Gasteiger partial charge < -0.3 is 5.32 Å². The minimum atomic E-state index is 0.808. The van der Waals surface area contributed by atoms with Crippen LogP contribution in [0.15, 0.2) is 0 Å². The van der Waals surface area contributed by atoms with Crippen LogP contribution in [0.3, 0.4) is 0 Å². The topological polar surface area (TPSA) is 12.0 Å². The molecule has 0 radical (unpaired) electrons. The molecular formula is C17H29N. The lowest BCUT2D eigenvalue weighted by molar-refractivity contribution is -0.137. The molecule has 5 aliphatic carbocycles. The molecule has 102 valence electrons. The van der Waals surface area contributed by atoms with E-state index in [1.54, 1.807) is 38.5 Å². The Morgan fingerprint density at radius 3 is 1.94 bits per heavy atom. The molecule has 5 rings (SSSR count). The third kappa shape index (κ3) is 1.49. The van der Waals surface area contributed by atoms with Gasteiger partial charge in [-0.15, -0.1) is 0 Å². The van der Waals surface area contributed by atoms with Crippen molar-refractivity contribution in [2.75, 3.05) is 7.05 Å². The lowest BCUT2D eigenvalue weighted by atomic mass is 9.41. The van der Waals surface area contributed by atoms with Crippen LogP contribution in [0, 0.1) is 35.0 Å². The molecular weight excluding hydrogens is 218 g/mol. The molecule has 0 aromatic rings. The van der Waals surface area contributed by atoms with Crippen LogP contribution in [0.1, 0.15) is 58.3 Å². The zero-order valence-corrected chi connectivity index (χ0v) is 12.1. The van der Waals surface area contributed by atoms with Crippen LogP contribution in [-0.4, -0.2) is 13.1 Å². The molecule has 1 heteroatoms. The fourth-order valence-electron chi connectivity index (χ4n) is 6.94. The van der Waals surface area contributed by atoms with E-state index in [-0.39, 0.29) is 0 Å². The number of rotatable bonds is 3. The highest BCUT2D eigenvalue weighted by atomic mass is 14.9. The summed E-state index contributed by atoms with van der Waals surface area (Å²) in [4.78, 5) is 0. The molecule has 3 atom stereocenters. The number of nitrogens with one attached hydrogen (secondary N) is 1. The zero-order valence-electron chi connectivity index (χ0n) is 12.1. The molecule has 0 aromatic carbocycles. The molecule has 5 fully saturated rings. The van der Waals surface area contributed by atoms with Crippen LogP contribution in [0.25, 0.3) is 0 Å². The van der Waals surface area contributed by atoms with Gasteiger partial charge in [0.15, 0.2) is 0 Å². The summed E-state index contributed by atoms with van der Waals surface area (Å²) in [6.07, 6.45) is 12.5. The summed E-state index contributed by atoms with van der Waals surface area (Å²) in [6, 6.07) is 0.841. The van der Waals surface area contributed by atoms with Crippen LogP contribution in [-0.2, 0) is 0 Å². The van der Waals surface area contributed by atoms with Crippen LogP contribution in [0.5, 0.6) is 0 Å². The minimum Gasteiger partial charge on any atom is -0.317 e. The maximum atomic E-state index is 3.56. The summed E-state index contributed by atoms with van der Waals surface area (Å²) >= 11 is 0. The van der Waals surface area contributed by atoms with Crippen molar-refractivity contribution in [3.05, 3.63) is 0 Å². The van der Waals surface area contributed by atoms with Crippen molar-refractivity contribution >= 4 is 0 Å². The second-order valence-corrected chi connectivity index (χ2v) is 8.09. The highest BCUT2D eigenvalue weighted by molar-refractivity contribution is 5.10. The van der Waals surface area contributed by atoms with E-state index in [0.717, 1.165) is 41.0 Å². The van der Waals surface area contributed by atoms with Crippen LogP contribution >= 0.6 is 0 Å². The molecule has 0 aliphatic heterocycles. The van der Waals surface area contributed by atoms with E-state index < -0.39 is 0 Å². The van der Waals surface area contributed by atoms with Crippen molar-refractivity contribution in [2.24, 2.45) is 35.0 Å². The maximum absolute atomic E-state index is 3.56. The van der Waals surface area contributed by atoms with Gasteiger partial charge in [-0.25, -0.2) is 0 Å². The van der Waals surface area contributed by atoms with Crippen molar-refractivity contribution in [3.63, 3.8) is 0 Å². The van der Waals surface area contributed by atoms with E-state index >= 15 is 0 Å². The lowest BCUT2D eigenvalue weighted by Crippen LogP contribution is -2.60. The molecule has 0 amide bonds. The van der Waals surface area contributed by atoms with Gasteiger partial charge in [0.25, 0.3) is 0 Å². The Kier molecular flexibility index (Phi) is 2.60. The summed E-state index contributed by atoms with van der Waals surface area (Å²) < 4.78 is 0. The Morgan fingerprint density at radius 1 is 0.944 bits per heavy atom. The number of hydrogen-bond donors (Lipinski definition) is 1. The van der Waals surface area contributed by atoms with Crippen molar-refractivity contribution in [2.45, 2.75) is 64.3 Å². The van der Waals surface area contributed by atoms with Crippen molar-refractivity contribution < 1.29 is 0 Å². The van der Waals surface area contributed by atoms with Gasteiger partial charge in [0.1, 0.15) is 0 Å². The Morgan fingerprint density at radius 2 is 1.50 bits per heavy atom. The van der Waals surface area contributed by atoms with Crippen LogP contribution in [0.2, 0.25) is 0 Å². The van der Waals surface area contributed by atoms with E-state index in [1.165, 1.54) is 12.8 Å². The molecule has 4 bridgehead atoms. The Labute approximate surface area is 112 Å². The average Bonchev–Trinajstić information content (AvgIpc) is 2.26. The largest absolute Gasteiger partial charge is 0.317 e. The van der Waals surface area contributed by atoms with E-state index in [1.807, 2.05) is 0 Å². The zero-order chi connectivity index (χ0) is 12.3. The Hall–Kier alpha value is -0.0400. The summed E-state index contributed by atoms with van der Waals surface area (Å²) in [5.41, 5.74) is 0.808. The maximum Gasteiger partial charge on any atom is 0.00980 e. The van der Waals surface area contributed by atoms with E-state index in [9.17, 15) is 0 Å². The third-order valence-corrected chi connectivity index (χ3v) is 7.26. The average molecular weight is 247 g/mol. The summed E-state index contributed by atoms with van der Waals surface area (Å²) in [7, 11) is 2.17. The molecule has 1 N–H and O–H groups in total. The van der Waals surface area contributed by atoms with Gasteiger partial charge in [-0.05, 0) is 87.0 Å². The van der Waals surface area contributed by atoms with Gasteiger partial charge in [-0.3, -0.25) is 0 Å². The molecule has 0 spiro atoms. The summed E-state index contributed by atoms with van der Waals surface area (Å²) in [5, 5.41) is 3.56. The quantitative estimate of drug-likeness (QED) is 0.799. The lowest BCUT2D eigenvalue weighted by Gasteiger charge is -2.64. The first-order valence-corrected chi connectivity index (χ1v) is 8.41. The second kappa shape index (κ2) is 3.98. The van der Waals surface area contributed by atoms with Gasteiger partial charge in [-0.2, -0.15) is 0 Å². The molecule has 18 heavy (non-hydrogen) atoms. The first kappa shape index (κ1) is 11.8. The molecule has 3 unspecified atom stereocenters. The first-order chi connectivity index (χ1) is 8.74. The van der Waals surface area contributed by atoms with Gasteiger partial charge >= 0.3 is 0 Å². The predicted molar refractivity (Wildman–Crippen MR) is 75.3 cm³/mol. The van der Waals surface area contributed by atoms with Gasteiger partial charge in [0, 0.05) is 6.04 Å². The molecule has 0 aromatic heterocycles. The van der Waals surface area contributed by atoms with Gasteiger partial charge in [0.2, 0.25) is 0 Å². The first-order valence-electron chi connectivity index (χ1n) is 8.41. The predicted octanol–water partition coefficient (Wildman–Crippen LogP) is 3.84. The molecule has 0 saturated heterocycles. The number of hydrogen-bond acceptors (Lipinski definition) is 1. The standard InChI is InChI=1S/C17H29N/c1-3-14-15(7-16(14)18-2)17-8-11-4-12(9-17)6-13(5-11)10-17/h11-16,18H,3-10H2,1-2H3. The Balaban J connectivity index is 1.57. The SMILES string of the molecule is CCC1C(NC)CC1C12CC3CC(CC(C3)C1)C2. The second-order valence-electron chi connectivity index (χ2n) is 8.09. The fourth-order valence-corrected chi connectivity index (χ4v) is 6.94. The molecule has 5 aliphatic rings. The van der Waals surface area contributed by atoms with E-state index in [0.29, 0.717) is 0 Å². The molecule has 1 nitrogen and oxygen atoms in total. The highest BCUT2D eigenvalue weighted by Crippen LogP contribution is 2.66. The summed E-state index contributed by atoms with van der Waals surface area (Å²) in [5.74, 6) is 5.45. The van der Waals surface area contributed by atoms with Crippen molar-refractivity contribution in [1.82, 2.24) is 5.32 Å². The van der Waals surface area contributed by atoms with Crippen LogP contribution < -0.4 is 5.32 Å². The Bertz CT molecular complexity index is 299. The molecule has 5 saturated carbocycles. The highest BCUT2D eigenvalue weighted by Gasteiger charge is 2.58. The summed E-state index contributed by atoms with van der Waals surface area (Å²) in [6.45, 7) is 2.42. The fraction of sp³-hybridized carbons (Fsp3) is 1.00. The van der Waals surface area contributed by atoms with Crippen molar-refractivity contribution in [1.29, 1.82) is 0 Å². The van der Waals surface area contributed by atoms with Gasteiger partial charge in [0.05, 0.1) is 0 Å². The van der Waals surface area contributed by atoms with E-state index in [4.69, 9.17) is 0 Å². The molecule has 0 heterocycles.